The third kappa shape index (κ3) is 2.65. The number of nitrogens with zero attached hydrogens (tertiary/aromatic N) is 1. The zero-order chi connectivity index (χ0) is 14.2. The standard InChI is InChI=1S/C14H14FNO3/c1-14(2,3)13-16-7-11(19-13)8-4-5-10(15)9(6-8)12(17)18/h4-7H,1-3H3,(H,17,18). The van der Waals surface area contributed by atoms with E-state index in [1.165, 1.54) is 18.3 Å². The molecule has 0 amide bonds. The Hall–Kier alpha value is -2.17. The van der Waals surface area contributed by atoms with Crippen molar-refractivity contribution in [1.82, 2.24) is 4.98 Å². The molecule has 0 saturated heterocycles. The summed E-state index contributed by atoms with van der Waals surface area (Å²) in [6.07, 6.45) is 1.51. The summed E-state index contributed by atoms with van der Waals surface area (Å²) in [7, 11) is 0. The molecule has 1 N–H and O–H groups in total. The Morgan fingerprint density at radius 2 is 2.05 bits per heavy atom. The topological polar surface area (TPSA) is 63.3 Å². The summed E-state index contributed by atoms with van der Waals surface area (Å²) in [6, 6.07) is 3.82. The van der Waals surface area contributed by atoms with Gasteiger partial charge in [0.25, 0.3) is 0 Å². The number of rotatable bonds is 2. The maximum absolute atomic E-state index is 13.3. The lowest BCUT2D eigenvalue weighted by molar-refractivity contribution is 0.0692. The smallest absolute Gasteiger partial charge is 0.338 e. The highest BCUT2D eigenvalue weighted by atomic mass is 19.1. The fraction of sp³-hybridized carbons (Fsp3) is 0.286. The molecule has 19 heavy (non-hydrogen) atoms. The van der Waals surface area contributed by atoms with Crippen LogP contribution in [0.1, 0.15) is 37.0 Å². The molecule has 1 heterocycles. The van der Waals surface area contributed by atoms with Crippen LogP contribution in [0.2, 0.25) is 0 Å². The number of carbonyl (C=O) groups is 1. The third-order valence-corrected chi connectivity index (χ3v) is 2.63. The monoisotopic (exact) mass is 263 g/mol. The van der Waals surface area contributed by atoms with Crippen LogP contribution in [0.3, 0.4) is 0 Å². The zero-order valence-electron chi connectivity index (χ0n) is 10.9. The first-order chi connectivity index (χ1) is 8.79. The molecule has 5 heteroatoms. The van der Waals surface area contributed by atoms with E-state index in [0.717, 1.165) is 6.07 Å². The summed E-state index contributed by atoms with van der Waals surface area (Å²) in [6.45, 7) is 5.86. The summed E-state index contributed by atoms with van der Waals surface area (Å²) >= 11 is 0. The van der Waals surface area contributed by atoms with E-state index < -0.39 is 11.8 Å². The summed E-state index contributed by atoms with van der Waals surface area (Å²) in [4.78, 5) is 15.0. The van der Waals surface area contributed by atoms with Gasteiger partial charge in [0.05, 0.1) is 11.8 Å². The van der Waals surface area contributed by atoms with E-state index in [1.807, 2.05) is 20.8 Å². The predicted molar refractivity (Wildman–Crippen MR) is 67.6 cm³/mol. The van der Waals surface area contributed by atoms with E-state index in [4.69, 9.17) is 9.52 Å². The number of aromatic carboxylic acids is 1. The summed E-state index contributed by atoms with van der Waals surface area (Å²) in [5.74, 6) is -1.11. The van der Waals surface area contributed by atoms with Crippen molar-refractivity contribution in [2.45, 2.75) is 26.2 Å². The predicted octanol–water partition coefficient (Wildman–Crippen LogP) is 3.48. The molecule has 0 spiro atoms. The molecule has 0 fully saturated rings. The van der Waals surface area contributed by atoms with Gasteiger partial charge in [0.2, 0.25) is 0 Å². The highest BCUT2D eigenvalue weighted by molar-refractivity contribution is 5.89. The Labute approximate surface area is 109 Å². The van der Waals surface area contributed by atoms with Gasteiger partial charge in [-0.3, -0.25) is 0 Å². The lowest BCUT2D eigenvalue weighted by atomic mass is 9.97. The second-order valence-electron chi connectivity index (χ2n) is 5.28. The number of aromatic nitrogens is 1. The van der Waals surface area contributed by atoms with Gasteiger partial charge in [0, 0.05) is 11.0 Å². The average Bonchev–Trinajstić information content (AvgIpc) is 2.78. The van der Waals surface area contributed by atoms with Crippen molar-refractivity contribution in [3.8, 4) is 11.3 Å². The van der Waals surface area contributed by atoms with Crippen molar-refractivity contribution in [1.29, 1.82) is 0 Å². The van der Waals surface area contributed by atoms with Crippen LogP contribution in [0.5, 0.6) is 0 Å². The lowest BCUT2D eigenvalue weighted by Crippen LogP contribution is -2.10. The van der Waals surface area contributed by atoms with Gasteiger partial charge in [-0.05, 0) is 18.2 Å². The Bertz CT molecular complexity index is 626. The van der Waals surface area contributed by atoms with E-state index in [0.29, 0.717) is 17.2 Å². The minimum atomic E-state index is -1.31. The Morgan fingerprint density at radius 1 is 1.37 bits per heavy atom. The number of benzene rings is 1. The van der Waals surface area contributed by atoms with Gasteiger partial charge in [0.1, 0.15) is 5.82 Å². The fourth-order valence-electron chi connectivity index (χ4n) is 1.60. The van der Waals surface area contributed by atoms with Gasteiger partial charge in [-0.2, -0.15) is 0 Å². The van der Waals surface area contributed by atoms with Crippen LogP contribution in [0.15, 0.2) is 28.8 Å². The Balaban J connectivity index is 2.45. The molecule has 0 bridgehead atoms. The normalized spacial score (nSPS) is 11.6. The fourth-order valence-corrected chi connectivity index (χ4v) is 1.60. The van der Waals surface area contributed by atoms with Crippen molar-refractivity contribution in [2.24, 2.45) is 0 Å². The highest BCUT2D eigenvalue weighted by Gasteiger charge is 2.21. The second-order valence-corrected chi connectivity index (χ2v) is 5.28. The maximum Gasteiger partial charge on any atom is 0.338 e. The highest BCUT2D eigenvalue weighted by Crippen LogP contribution is 2.28. The molecule has 0 saturated carbocycles. The average molecular weight is 263 g/mol. The zero-order valence-corrected chi connectivity index (χ0v) is 10.9. The van der Waals surface area contributed by atoms with E-state index in [-0.39, 0.29) is 11.0 Å². The molecule has 4 nitrogen and oxygen atoms in total. The molecule has 0 atom stereocenters. The maximum atomic E-state index is 13.3. The van der Waals surface area contributed by atoms with Gasteiger partial charge in [-0.1, -0.05) is 20.8 Å². The first-order valence-corrected chi connectivity index (χ1v) is 5.78. The molecule has 2 rings (SSSR count). The van der Waals surface area contributed by atoms with Crippen molar-refractivity contribution >= 4 is 5.97 Å². The number of hydrogen-bond acceptors (Lipinski definition) is 3. The van der Waals surface area contributed by atoms with Gasteiger partial charge in [-0.25, -0.2) is 14.2 Å². The molecule has 0 aliphatic rings. The summed E-state index contributed by atoms with van der Waals surface area (Å²) < 4.78 is 18.9. The number of hydrogen-bond donors (Lipinski definition) is 1. The van der Waals surface area contributed by atoms with Gasteiger partial charge >= 0.3 is 5.97 Å². The molecule has 0 aliphatic heterocycles. The molecule has 100 valence electrons. The van der Waals surface area contributed by atoms with Crippen molar-refractivity contribution in [3.05, 3.63) is 41.7 Å². The van der Waals surface area contributed by atoms with Gasteiger partial charge < -0.3 is 9.52 Å². The first-order valence-electron chi connectivity index (χ1n) is 5.78. The number of carboxylic acid groups (broad SMARTS) is 1. The van der Waals surface area contributed by atoms with E-state index in [1.54, 1.807) is 0 Å². The van der Waals surface area contributed by atoms with Crippen molar-refractivity contribution in [2.75, 3.05) is 0 Å². The molecule has 0 aliphatic carbocycles. The quantitative estimate of drug-likeness (QED) is 0.901. The number of oxazole rings is 1. The number of halogens is 1. The first kappa shape index (κ1) is 13.3. The van der Waals surface area contributed by atoms with Crippen LogP contribution in [0.25, 0.3) is 11.3 Å². The van der Waals surface area contributed by atoms with Crippen LogP contribution in [0, 0.1) is 5.82 Å². The Kier molecular flexibility index (Phi) is 3.14. The van der Waals surface area contributed by atoms with E-state index in [2.05, 4.69) is 4.98 Å². The lowest BCUT2D eigenvalue weighted by Gasteiger charge is -2.12. The minimum absolute atomic E-state index is 0.242. The van der Waals surface area contributed by atoms with E-state index >= 15 is 0 Å². The summed E-state index contributed by atoms with van der Waals surface area (Å²) in [5.41, 5.74) is -0.138. The van der Waals surface area contributed by atoms with Gasteiger partial charge in [0.15, 0.2) is 11.7 Å². The van der Waals surface area contributed by atoms with Gasteiger partial charge in [-0.15, -0.1) is 0 Å². The Morgan fingerprint density at radius 3 is 2.58 bits per heavy atom. The third-order valence-electron chi connectivity index (χ3n) is 2.63. The van der Waals surface area contributed by atoms with Crippen LogP contribution >= 0.6 is 0 Å². The molecule has 1 aromatic carbocycles. The van der Waals surface area contributed by atoms with Crippen molar-refractivity contribution in [3.63, 3.8) is 0 Å². The minimum Gasteiger partial charge on any atom is -0.478 e. The largest absolute Gasteiger partial charge is 0.478 e. The molecule has 2 aromatic rings. The number of carboxylic acids is 1. The van der Waals surface area contributed by atoms with Crippen LogP contribution in [0.4, 0.5) is 4.39 Å². The van der Waals surface area contributed by atoms with Crippen LogP contribution in [-0.2, 0) is 5.41 Å². The second kappa shape index (κ2) is 4.50. The molecular formula is C14H14FNO3. The van der Waals surface area contributed by atoms with Crippen LogP contribution < -0.4 is 0 Å². The SMILES string of the molecule is CC(C)(C)c1ncc(-c2ccc(F)c(C(=O)O)c2)o1. The summed E-state index contributed by atoms with van der Waals surface area (Å²) in [5, 5.41) is 8.89. The molecule has 0 radical (unpaired) electrons. The van der Waals surface area contributed by atoms with E-state index in [9.17, 15) is 9.18 Å². The van der Waals surface area contributed by atoms with Crippen molar-refractivity contribution < 1.29 is 18.7 Å². The molecular weight excluding hydrogens is 249 g/mol. The molecule has 1 aromatic heterocycles. The molecule has 0 unspecified atom stereocenters. The van der Waals surface area contributed by atoms with Crippen LogP contribution in [-0.4, -0.2) is 16.1 Å².